The first-order chi connectivity index (χ1) is 8.97. The van der Waals surface area contributed by atoms with Gasteiger partial charge in [-0.1, -0.05) is 17.7 Å². The quantitative estimate of drug-likeness (QED) is 0.884. The molecule has 0 aliphatic rings. The first-order valence-electron chi connectivity index (χ1n) is 5.77. The molecule has 0 radical (unpaired) electrons. The summed E-state index contributed by atoms with van der Waals surface area (Å²) in [6.45, 7) is 3.66. The van der Waals surface area contributed by atoms with Crippen molar-refractivity contribution >= 4 is 28.9 Å². The second-order valence-electron chi connectivity index (χ2n) is 4.31. The van der Waals surface area contributed by atoms with E-state index in [1.807, 2.05) is 13.0 Å². The van der Waals surface area contributed by atoms with Crippen molar-refractivity contribution in [1.29, 1.82) is 0 Å². The molecule has 4 nitrogen and oxygen atoms in total. The summed E-state index contributed by atoms with van der Waals surface area (Å²) in [7, 11) is 0. The molecule has 3 N–H and O–H groups in total. The first-order valence-corrected chi connectivity index (χ1v) is 6.15. The fourth-order valence-electron chi connectivity index (χ4n) is 1.70. The van der Waals surface area contributed by atoms with Gasteiger partial charge in [-0.25, -0.2) is 0 Å². The summed E-state index contributed by atoms with van der Waals surface area (Å²) in [6.07, 6.45) is 1.52. The number of nitrogen functional groups attached to an aromatic ring is 1. The minimum atomic E-state index is -0.248. The van der Waals surface area contributed by atoms with Gasteiger partial charge >= 0.3 is 0 Å². The van der Waals surface area contributed by atoms with E-state index in [1.54, 1.807) is 25.1 Å². The summed E-state index contributed by atoms with van der Waals surface area (Å²) in [5.41, 5.74) is 8.81. The van der Waals surface area contributed by atoms with Crippen LogP contribution in [0.15, 0.2) is 30.5 Å². The zero-order valence-electron chi connectivity index (χ0n) is 10.7. The fraction of sp³-hybridized carbons (Fsp3) is 0.143. The number of hydrogen-bond acceptors (Lipinski definition) is 3. The lowest BCUT2D eigenvalue weighted by Gasteiger charge is -2.10. The van der Waals surface area contributed by atoms with Crippen LogP contribution in [0.3, 0.4) is 0 Å². The van der Waals surface area contributed by atoms with Gasteiger partial charge in [0.05, 0.1) is 23.1 Å². The van der Waals surface area contributed by atoms with Gasteiger partial charge in [-0.15, -0.1) is 0 Å². The molecular formula is C14H14ClN3O. The van der Waals surface area contributed by atoms with Crippen LogP contribution in [-0.2, 0) is 0 Å². The minimum Gasteiger partial charge on any atom is -0.397 e. The van der Waals surface area contributed by atoms with Gasteiger partial charge in [0.15, 0.2) is 0 Å². The van der Waals surface area contributed by atoms with Crippen molar-refractivity contribution in [3.05, 3.63) is 52.3 Å². The molecule has 0 atom stereocenters. The van der Waals surface area contributed by atoms with Crippen LogP contribution in [0.1, 0.15) is 21.6 Å². The average Bonchev–Trinajstić information content (AvgIpc) is 2.36. The van der Waals surface area contributed by atoms with Gasteiger partial charge in [0, 0.05) is 10.7 Å². The van der Waals surface area contributed by atoms with E-state index < -0.39 is 0 Å². The Morgan fingerprint density at radius 3 is 2.79 bits per heavy atom. The van der Waals surface area contributed by atoms with Crippen LogP contribution in [0.2, 0.25) is 5.02 Å². The Bertz CT molecular complexity index is 641. The molecule has 5 heteroatoms. The van der Waals surface area contributed by atoms with E-state index in [9.17, 15) is 4.79 Å². The van der Waals surface area contributed by atoms with Crippen LogP contribution in [0.5, 0.6) is 0 Å². The summed E-state index contributed by atoms with van der Waals surface area (Å²) in [4.78, 5) is 16.3. The number of benzene rings is 1. The third-order valence-corrected chi connectivity index (χ3v) is 3.04. The number of anilines is 2. The highest BCUT2D eigenvalue weighted by Gasteiger charge is 2.12. The number of nitrogens with one attached hydrogen (secondary N) is 1. The van der Waals surface area contributed by atoms with E-state index in [-0.39, 0.29) is 5.91 Å². The summed E-state index contributed by atoms with van der Waals surface area (Å²) >= 11 is 5.92. The normalized spacial score (nSPS) is 10.3. The average molecular weight is 276 g/mol. The molecule has 0 aliphatic heterocycles. The highest BCUT2D eigenvalue weighted by molar-refractivity contribution is 6.31. The number of nitrogens with two attached hydrogens (primary N) is 1. The van der Waals surface area contributed by atoms with Crippen molar-refractivity contribution in [2.24, 2.45) is 0 Å². The van der Waals surface area contributed by atoms with Crippen LogP contribution in [0.4, 0.5) is 11.4 Å². The smallest absolute Gasteiger partial charge is 0.257 e. The predicted molar refractivity (Wildman–Crippen MR) is 77.5 cm³/mol. The number of hydrogen-bond donors (Lipinski definition) is 2. The molecular weight excluding hydrogens is 262 g/mol. The fourth-order valence-corrected chi connectivity index (χ4v) is 1.87. The first kappa shape index (κ1) is 13.4. The summed E-state index contributed by atoms with van der Waals surface area (Å²) < 4.78 is 0. The molecule has 1 amide bonds. The van der Waals surface area contributed by atoms with Gasteiger partial charge < -0.3 is 11.1 Å². The molecule has 0 spiro atoms. The lowest BCUT2D eigenvalue weighted by molar-refractivity contribution is 0.102. The Morgan fingerprint density at radius 1 is 1.32 bits per heavy atom. The molecule has 2 aromatic rings. The van der Waals surface area contributed by atoms with Crippen LogP contribution >= 0.6 is 11.6 Å². The lowest BCUT2D eigenvalue weighted by atomic mass is 10.1. The number of carbonyl (C=O) groups excluding carboxylic acids is 1. The second kappa shape index (κ2) is 5.28. The van der Waals surface area contributed by atoms with Crippen LogP contribution in [-0.4, -0.2) is 10.9 Å². The van der Waals surface area contributed by atoms with Crippen LogP contribution in [0.25, 0.3) is 0 Å². The van der Waals surface area contributed by atoms with Crippen molar-refractivity contribution in [2.45, 2.75) is 13.8 Å². The van der Waals surface area contributed by atoms with E-state index in [0.29, 0.717) is 27.7 Å². The van der Waals surface area contributed by atoms with E-state index in [1.165, 1.54) is 6.20 Å². The third-order valence-electron chi connectivity index (χ3n) is 2.80. The number of pyridine rings is 1. The van der Waals surface area contributed by atoms with Gasteiger partial charge in [-0.2, -0.15) is 0 Å². The topological polar surface area (TPSA) is 68.0 Å². The third kappa shape index (κ3) is 3.03. The standard InChI is InChI=1S/C14H14ClN3O/c1-8-3-4-10(15)5-13(8)18-14(19)12-6-11(16)7-17-9(12)2/h3-7H,16H2,1-2H3,(H,18,19). The van der Waals surface area contributed by atoms with Crippen LogP contribution < -0.4 is 11.1 Å². The highest BCUT2D eigenvalue weighted by Crippen LogP contribution is 2.21. The molecule has 0 bridgehead atoms. The van der Waals surface area contributed by atoms with Crippen molar-refractivity contribution < 1.29 is 4.79 Å². The molecule has 19 heavy (non-hydrogen) atoms. The number of nitrogens with zero attached hydrogens (tertiary/aromatic N) is 1. The van der Waals surface area contributed by atoms with Crippen LogP contribution in [0, 0.1) is 13.8 Å². The van der Waals surface area contributed by atoms with E-state index in [2.05, 4.69) is 10.3 Å². The Hall–Kier alpha value is -2.07. The van der Waals surface area contributed by atoms with E-state index in [4.69, 9.17) is 17.3 Å². The van der Waals surface area contributed by atoms with Gasteiger partial charge in [0.25, 0.3) is 5.91 Å². The Morgan fingerprint density at radius 2 is 2.05 bits per heavy atom. The zero-order chi connectivity index (χ0) is 14.0. The zero-order valence-corrected chi connectivity index (χ0v) is 11.5. The SMILES string of the molecule is Cc1ccc(Cl)cc1NC(=O)c1cc(N)cnc1C. The molecule has 0 unspecified atom stereocenters. The molecule has 1 heterocycles. The maximum absolute atomic E-state index is 12.2. The molecule has 0 saturated heterocycles. The molecule has 0 saturated carbocycles. The number of aromatic nitrogens is 1. The van der Waals surface area contributed by atoms with Gasteiger partial charge in [-0.3, -0.25) is 9.78 Å². The van der Waals surface area contributed by atoms with Gasteiger partial charge in [-0.05, 0) is 37.6 Å². The molecule has 1 aromatic carbocycles. The summed E-state index contributed by atoms with van der Waals surface area (Å²) in [5, 5.41) is 3.39. The van der Waals surface area contributed by atoms with Gasteiger partial charge in [0.1, 0.15) is 0 Å². The summed E-state index contributed by atoms with van der Waals surface area (Å²) in [6, 6.07) is 6.95. The number of amides is 1. The molecule has 0 aliphatic carbocycles. The monoisotopic (exact) mass is 275 g/mol. The number of rotatable bonds is 2. The maximum atomic E-state index is 12.2. The van der Waals surface area contributed by atoms with Crippen molar-refractivity contribution in [3.63, 3.8) is 0 Å². The summed E-state index contributed by atoms with van der Waals surface area (Å²) in [5.74, 6) is -0.248. The Kier molecular flexibility index (Phi) is 3.71. The number of carbonyl (C=O) groups is 1. The molecule has 2 rings (SSSR count). The van der Waals surface area contributed by atoms with Crippen molar-refractivity contribution in [3.8, 4) is 0 Å². The number of halogens is 1. The number of aryl methyl sites for hydroxylation is 2. The lowest BCUT2D eigenvalue weighted by Crippen LogP contribution is -2.15. The molecule has 1 aromatic heterocycles. The second-order valence-corrected chi connectivity index (χ2v) is 4.75. The molecule has 0 fully saturated rings. The van der Waals surface area contributed by atoms with Crippen molar-refractivity contribution in [2.75, 3.05) is 11.1 Å². The predicted octanol–water partition coefficient (Wildman–Crippen LogP) is 3.19. The van der Waals surface area contributed by atoms with E-state index >= 15 is 0 Å². The van der Waals surface area contributed by atoms with E-state index in [0.717, 1.165) is 5.56 Å². The van der Waals surface area contributed by atoms with Gasteiger partial charge in [0.2, 0.25) is 0 Å². The highest BCUT2D eigenvalue weighted by atomic mass is 35.5. The van der Waals surface area contributed by atoms with Crippen molar-refractivity contribution in [1.82, 2.24) is 4.98 Å². The maximum Gasteiger partial charge on any atom is 0.257 e. The largest absolute Gasteiger partial charge is 0.397 e. The molecule has 98 valence electrons. The Balaban J connectivity index is 2.30. The minimum absolute atomic E-state index is 0.248. The Labute approximate surface area is 116 Å².